The molecule has 0 spiro atoms. The summed E-state index contributed by atoms with van der Waals surface area (Å²) in [6.45, 7) is 0. The highest BCUT2D eigenvalue weighted by Crippen LogP contribution is 2.61. The molecule has 0 aliphatic heterocycles. The number of carbonyl (C=O) groups is 2. The lowest BCUT2D eigenvalue weighted by molar-refractivity contribution is -0.141. The summed E-state index contributed by atoms with van der Waals surface area (Å²) >= 11 is 0. The number of nitrogens with zero attached hydrogens (tertiary/aromatic N) is 1. The highest BCUT2D eigenvalue weighted by atomic mass is 16.2. The topological polar surface area (TPSA) is 63.1 Å². The van der Waals surface area contributed by atoms with Crippen molar-refractivity contribution in [1.29, 1.82) is 0 Å². The van der Waals surface area contributed by atoms with Crippen molar-refractivity contribution < 1.29 is 9.59 Å². The average Bonchev–Trinajstić information content (AvgIpc) is 3.04. The molecule has 2 amide bonds. The molecule has 0 aromatic carbocycles. The Kier molecular flexibility index (Phi) is 4.08. The Morgan fingerprint density at radius 2 is 1.09 bits per heavy atom. The van der Waals surface area contributed by atoms with E-state index in [1.54, 1.807) is 0 Å². The molecule has 8 saturated carbocycles. The Balaban J connectivity index is 1.06. The van der Waals surface area contributed by atoms with Crippen molar-refractivity contribution >= 4 is 23.3 Å². The van der Waals surface area contributed by atoms with Crippen LogP contribution >= 0.6 is 0 Å². The molecule has 5 nitrogen and oxygen atoms in total. The number of nitrogens with one attached hydrogen (secondary N) is 2. The molecule has 172 valence electrons. The first kappa shape index (κ1) is 19.7. The van der Waals surface area contributed by atoms with Gasteiger partial charge in [0.05, 0.1) is 16.5 Å². The quantitative estimate of drug-likeness (QED) is 0.671. The molecule has 5 heteroatoms. The molecule has 1 aromatic rings. The van der Waals surface area contributed by atoms with Gasteiger partial charge in [-0.2, -0.15) is 0 Å². The molecular formula is C27H37N3O2. The van der Waals surface area contributed by atoms with E-state index in [9.17, 15) is 9.59 Å². The molecule has 2 N–H and O–H groups in total. The van der Waals surface area contributed by atoms with E-state index in [2.05, 4.69) is 10.6 Å². The van der Waals surface area contributed by atoms with Crippen LogP contribution in [0, 0.1) is 46.3 Å². The van der Waals surface area contributed by atoms with Crippen molar-refractivity contribution in [1.82, 2.24) is 4.57 Å². The highest BCUT2D eigenvalue weighted by molar-refractivity contribution is 5.98. The molecule has 0 atom stereocenters. The Hall–Kier alpha value is -1.78. The van der Waals surface area contributed by atoms with Crippen LogP contribution in [0.3, 0.4) is 0 Å². The van der Waals surface area contributed by atoms with Gasteiger partial charge in [0.1, 0.15) is 5.82 Å². The van der Waals surface area contributed by atoms with E-state index in [4.69, 9.17) is 0 Å². The number of rotatable bonds is 4. The maximum Gasteiger partial charge on any atom is 0.231 e. The van der Waals surface area contributed by atoms with Crippen molar-refractivity contribution in [3.8, 4) is 0 Å². The Bertz CT molecular complexity index is 905. The highest BCUT2D eigenvalue weighted by Gasteiger charge is 2.56. The van der Waals surface area contributed by atoms with E-state index >= 15 is 0 Å². The summed E-state index contributed by atoms with van der Waals surface area (Å²) in [6.07, 6.45) is 16.5. The Morgan fingerprint density at radius 1 is 0.719 bits per heavy atom. The minimum Gasteiger partial charge on any atom is -0.335 e. The van der Waals surface area contributed by atoms with Crippen molar-refractivity contribution in [3.05, 3.63) is 12.3 Å². The molecular weight excluding hydrogens is 398 g/mol. The molecule has 0 unspecified atom stereocenters. The zero-order valence-corrected chi connectivity index (χ0v) is 19.4. The van der Waals surface area contributed by atoms with E-state index in [1.165, 1.54) is 38.5 Å². The lowest BCUT2D eigenvalue weighted by atomic mass is 9.49. The van der Waals surface area contributed by atoms with Crippen LogP contribution in [-0.4, -0.2) is 16.4 Å². The molecule has 8 aliphatic rings. The normalized spacial score (nSPS) is 45.3. The van der Waals surface area contributed by atoms with Gasteiger partial charge in [0.2, 0.25) is 11.8 Å². The minimum atomic E-state index is -0.151. The van der Waals surface area contributed by atoms with Gasteiger partial charge in [-0.3, -0.25) is 9.59 Å². The van der Waals surface area contributed by atoms with Crippen molar-refractivity contribution in [2.24, 2.45) is 53.4 Å². The Morgan fingerprint density at radius 3 is 1.50 bits per heavy atom. The summed E-state index contributed by atoms with van der Waals surface area (Å²) in [7, 11) is 1.97. The van der Waals surface area contributed by atoms with Gasteiger partial charge in [0, 0.05) is 19.3 Å². The van der Waals surface area contributed by atoms with E-state index in [0.29, 0.717) is 0 Å². The van der Waals surface area contributed by atoms with E-state index in [1.807, 2.05) is 23.9 Å². The Labute approximate surface area is 191 Å². The maximum absolute atomic E-state index is 13.5. The minimum absolute atomic E-state index is 0.146. The van der Waals surface area contributed by atoms with Gasteiger partial charge in [-0.15, -0.1) is 0 Å². The number of carbonyl (C=O) groups excluding carboxylic acids is 2. The summed E-state index contributed by atoms with van der Waals surface area (Å²) in [6, 6.07) is 1.97. The average molecular weight is 436 g/mol. The number of anilines is 2. The molecule has 32 heavy (non-hydrogen) atoms. The SMILES string of the molecule is Cn1cc(NC(=O)C23CC4CC(CC(C4)C2)C3)cc1NC(=O)C12CC3CC(CC(C3)C1)C2. The van der Waals surface area contributed by atoms with Crippen LogP contribution < -0.4 is 10.6 Å². The van der Waals surface area contributed by atoms with Crippen LogP contribution in [0.2, 0.25) is 0 Å². The maximum atomic E-state index is 13.5. The summed E-state index contributed by atoms with van der Waals surface area (Å²) < 4.78 is 1.97. The first-order valence-corrected chi connectivity index (χ1v) is 13.2. The second kappa shape index (κ2) is 6.64. The van der Waals surface area contributed by atoms with Gasteiger partial charge in [-0.1, -0.05) is 0 Å². The predicted octanol–water partition coefficient (Wildman–Crippen LogP) is 5.33. The van der Waals surface area contributed by atoms with E-state index < -0.39 is 0 Å². The van der Waals surface area contributed by atoms with Gasteiger partial charge in [0.25, 0.3) is 0 Å². The third kappa shape index (κ3) is 2.95. The van der Waals surface area contributed by atoms with Crippen molar-refractivity contribution in [2.75, 3.05) is 10.6 Å². The van der Waals surface area contributed by atoms with Gasteiger partial charge >= 0.3 is 0 Å². The second-order valence-electron chi connectivity index (χ2n) is 13.0. The fourth-order valence-corrected chi connectivity index (χ4v) is 10.0. The van der Waals surface area contributed by atoms with Gasteiger partial charge in [0.15, 0.2) is 0 Å². The molecule has 0 saturated heterocycles. The zero-order valence-electron chi connectivity index (χ0n) is 19.4. The summed E-state index contributed by atoms with van der Waals surface area (Å²) in [5.74, 6) is 5.82. The van der Waals surface area contributed by atoms with Crippen LogP contribution in [0.1, 0.15) is 77.0 Å². The molecule has 8 bridgehead atoms. The molecule has 9 rings (SSSR count). The second-order valence-corrected chi connectivity index (χ2v) is 13.0. The first-order chi connectivity index (χ1) is 15.4. The molecule has 1 heterocycles. The first-order valence-electron chi connectivity index (χ1n) is 13.2. The van der Waals surface area contributed by atoms with Crippen molar-refractivity contribution in [3.63, 3.8) is 0 Å². The fourth-order valence-electron chi connectivity index (χ4n) is 10.0. The third-order valence-corrected chi connectivity index (χ3v) is 10.5. The fraction of sp³-hybridized carbons (Fsp3) is 0.778. The van der Waals surface area contributed by atoms with Crippen LogP contribution in [-0.2, 0) is 16.6 Å². The summed E-state index contributed by atoms with van der Waals surface area (Å²) in [5.41, 5.74) is 0.531. The number of hydrogen-bond acceptors (Lipinski definition) is 2. The third-order valence-electron chi connectivity index (χ3n) is 10.5. The number of aromatic nitrogens is 1. The smallest absolute Gasteiger partial charge is 0.231 e. The largest absolute Gasteiger partial charge is 0.335 e. The zero-order chi connectivity index (χ0) is 21.7. The van der Waals surface area contributed by atoms with Gasteiger partial charge in [-0.05, 0) is 113 Å². The van der Waals surface area contributed by atoms with E-state index in [-0.39, 0.29) is 22.6 Å². The number of hydrogen-bond donors (Lipinski definition) is 2. The van der Waals surface area contributed by atoms with E-state index in [0.717, 1.165) is 85.5 Å². The molecule has 8 fully saturated rings. The van der Waals surface area contributed by atoms with Crippen molar-refractivity contribution in [2.45, 2.75) is 77.0 Å². The molecule has 0 radical (unpaired) electrons. The lowest BCUT2D eigenvalue weighted by Crippen LogP contribution is -2.51. The number of amides is 2. The molecule has 1 aromatic heterocycles. The van der Waals surface area contributed by atoms with Crippen LogP contribution in [0.5, 0.6) is 0 Å². The van der Waals surface area contributed by atoms with Gasteiger partial charge in [-0.25, -0.2) is 0 Å². The number of aryl methyl sites for hydroxylation is 1. The lowest BCUT2D eigenvalue weighted by Gasteiger charge is -2.55. The summed E-state index contributed by atoms with van der Waals surface area (Å²) in [5, 5.41) is 6.53. The molecule has 8 aliphatic carbocycles. The van der Waals surface area contributed by atoms with Crippen LogP contribution in [0.15, 0.2) is 12.3 Å². The summed E-state index contributed by atoms with van der Waals surface area (Å²) in [4.78, 5) is 26.9. The van der Waals surface area contributed by atoms with Crippen LogP contribution in [0.4, 0.5) is 11.5 Å². The van der Waals surface area contributed by atoms with Crippen LogP contribution in [0.25, 0.3) is 0 Å². The predicted molar refractivity (Wildman–Crippen MR) is 124 cm³/mol. The van der Waals surface area contributed by atoms with Gasteiger partial charge < -0.3 is 15.2 Å². The monoisotopic (exact) mass is 435 g/mol. The standard InChI is InChI=1S/C27H37N3O2/c1-30-15-22(28-24(31)26-9-16-2-17(10-26)4-18(3-16)11-26)8-23(30)29-25(32)27-12-19-5-20(13-27)7-21(6-19)14-27/h8,15-21H,2-7,9-14H2,1H3,(H,28,31)(H,29,32).